The standard InChI is InChI=1S/C29H27ClN2O2/c1-34-27-14-11-23-19-25(8-7-24(23)20-27)29(33)32-17-15-31(16-18-32)28(21-5-3-2-4-6-21)22-9-12-26(30)13-10-22/h2-14,19-20,28H,15-18H2,1H3. The highest BCUT2D eigenvalue weighted by molar-refractivity contribution is 6.30. The van der Waals surface area contributed by atoms with Crippen LogP contribution in [-0.2, 0) is 0 Å². The summed E-state index contributed by atoms with van der Waals surface area (Å²) in [6, 6.07) is 30.5. The average Bonchev–Trinajstić information content (AvgIpc) is 2.90. The van der Waals surface area contributed by atoms with Gasteiger partial charge in [0.1, 0.15) is 5.75 Å². The van der Waals surface area contributed by atoms with Crippen molar-refractivity contribution < 1.29 is 9.53 Å². The molecule has 34 heavy (non-hydrogen) atoms. The molecule has 1 fully saturated rings. The Balaban J connectivity index is 1.33. The first kappa shape index (κ1) is 22.5. The molecule has 0 aliphatic carbocycles. The Bertz CT molecular complexity index is 1280. The second-order valence-electron chi connectivity index (χ2n) is 8.62. The largest absolute Gasteiger partial charge is 0.497 e. The molecular formula is C29H27ClN2O2. The summed E-state index contributed by atoms with van der Waals surface area (Å²) >= 11 is 6.15. The number of hydrogen-bond acceptors (Lipinski definition) is 3. The van der Waals surface area contributed by atoms with Crippen LogP contribution in [0.4, 0.5) is 0 Å². The van der Waals surface area contributed by atoms with Crippen LogP contribution in [-0.4, -0.2) is 49.0 Å². The number of hydrogen-bond donors (Lipinski definition) is 0. The molecule has 0 radical (unpaired) electrons. The van der Waals surface area contributed by atoms with E-state index in [-0.39, 0.29) is 11.9 Å². The molecule has 0 spiro atoms. The molecule has 5 rings (SSSR count). The Morgan fingerprint density at radius 2 is 1.44 bits per heavy atom. The molecular weight excluding hydrogens is 444 g/mol. The lowest BCUT2D eigenvalue weighted by atomic mass is 9.96. The number of carbonyl (C=O) groups excluding carboxylic acids is 1. The van der Waals surface area contributed by atoms with Gasteiger partial charge in [0.2, 0.25) is 0 Å². The van der Waals surface area contributed by atoms with E-state index in [2.05, 4.69) is 41.3 Å². The molecule has 1 aliphatic rings. The highest BCUT2D eigenvalue weighted by Gasteiger charge is 2.28. The lowest BCUT2D eigenvalue weighted by molar-refractivity contribution is 0.0597. The van der Waals surface area contributed by atoms with Gasteiger partial charge in [-0.15, -0.1) is 0 Å². The molecule has 4 aromatic rings. The third kappa shape index (κ3) is 4.65. The molecule has 0 aromatic heterocycles. The van der Waals surface area contributed by atoms with E-state index < -0.39 is 0 Å². The van der Waals surface area contributed by atoms with E-state index in [4.69, 9.17) is 16.3 Å². The summed E-state index contributed by atoms with van der Waals surface area (Å²) in [5.74, 6) is 0.900. The molecule has 1 saturated heterocycles. The minimum atomic E-state index is 0.0834. The van der Waals surface area contributed by atoms with Crippen LogP contribution in [0.25, 0.3) is 10.8 Å². The fourth-order valence-electron chi connectivity index (χ4n) is 4.74. The van der Waals surface area contributed by atoms with E-state index in [0.29, 0.717) is 13.1 Å². The van der Waals surface area contributed by atoms with Crippen molar-refractivity contribution in [3.05, 3.63) is 113 Å². The molecule has 0 bridgehead atoms. The number of benzene rings is 4. The van der Waals surface area contributed by atoms with Gasteiger partial charge in [0.05, 0.1) is 13.2 Å². The summed E-state index contributed by atoms with van der Waals surface area (Å²) in [5, 5.41) is 2.84. The number of carbonyl (C=O) groups is 1. The van der Waals surface area contributed by atoms with Gasteiger partial charge in [-0.05, 0) is 58.3 Å². The van der Waals surface area contributed by atoms with Crippen molar-refractivity contribution in [1.29, 1.82) is 0 Å². The predicted molar refractivity (Wildman–Crippen MR) is 138 cm³/mol. The molecule has 0 saturated carbocycles. The topological polar surface area (TPSA) is 32.8 Å². The van der Waals surface area contributed by atoms with Crippen molar-refractivity contribution in [2.24, 2.45) is 0 Å². The fourth-order valence-corrected chi connectivity index (χ4v) is 4.87. The Hall–Kier alpha value is -3.34. The first-order chi connectivity index (χ1) is 16.6. The van der Waals surface area contributed by atoms with Gasteiger partial charge >= 0.3 is 0 Å². The second-order valence-corrected chi connectivity index (χ2v) is 9.06. The summed E-state index contributed by atoms with van der Waals surface area (Å²) in [6.07, 6.45) is 0. The molecule has 4 aromatic carbocycles. The van der Waals surface area contributed by atoms with Crippen molar-refractivity contribution in [3.8, 4) is 5.75 Å². The fraction of sp³-hybridized carbons (Fsp3) is 0.207. The normalized spacial score (nSPS) is 15.3. The number of methoxy groups -OCH3 is 1. The van der Waals surface area contributed by atoms with Gasteiger partial charge in [-0.1, -0.05) is 66.2 Å². The Morgan fingerprint density at radius 1 is 0.794 bits per heavy atom. The SMILES string of the molecule is COc1ccc2cc(C(=O)N3CCN(C(c4ccccc4)c4ccc(Cl)cc4)CC3)ccc2c1. The van der Waals surface area contributed by atoms with E-state index in [1.54, 1.807) is 7.11 Å². The van der Waals surface area contributed by atoms with Gasteiger partial charge in [0, 0.05) is 36.8 Å². The van der Waals surface area contributed by atoms with Crippen LogP contribution >= 0.6 is 11.6 Å². The Morgan fingerprint density at radius 3 is 2.15 bits per heavy atom. The summed E-state index contributed by atoms with van der Waals surface area (Å²) in [4.78, 5) is 17.7. The van der Waals surface area contributed by atoms with Crippen molar-refractivity contribution in [2.75, 3.05) is 33.3 Å². The average molecular weight is 471 g/mol. The van der Waals surface area contributed by atoms with Crippen LogP contribution in [0.1, 0.15) is 27.5 Å². The number of rotatable bonds is 5. The maximum Gasteiger partial charge on any atom is 0.253 e. The molecule has 1 heterocycles. The van der Waals surface area contributed by atoms with Crippen LogP contribution < -0.4 is 4.74 Å². The monoisotopic (exact) mass is 470 g/mol. The molecule has 5 heteroatoms. The molecule has 1 atom stereocenters. The molecule has 1 amide bonds. The van der Waals surface area contributed by atoms with Crippen LogP contribution in [0.5, 0.6) is 5.75 Å². The van der Waals surface area contributed by atoms with E-state index in [1.165, 1.54) is 11.1 Å². The van der Waals surface area contributed by atoms with Gasteiger partial charge in [-0.2, -0.15) is 0 Å². The van der Waals surface area contributed by atoms with Crippen LogP contribution in [0, 0.1) is 0 Å². The quantitative estimate of drug-likeness (QED) is 0.356. The van der Waals surface area contributed by atoms with E-state index in [0.717, 1.165) is 40.2 Å². The maximum absolute atomic E-state index is 13.3. The minimum absolute atomic E-state index is 0.0834. The van der Waals surface area contributed by atoms with E-state index >= 15 is 0 Å². The third-order valence-corrected chi connectivity index (χ3v) is 6.81. The maximum atomic E-state index is 13.3. The first-order valence-corrected chi connectivity index (χ1v) is 11.9. The van der Waals surface area contributed by atoms with Crippen molar-refractivity contribution in [1.82, 2.24) is 9.80 Å². The lowest BCUT2D eigenvalue weighted by Crippen LogP contribution is -2.49. The smallest absolute Gasteiger partial charge is 0.253 e. The number of fused-ring (bicyclic) bond motifs is 1. The van der Waals surface area contributed by atoms with E-state index in [1.807, 2.05) is 59.5 Å². The summed E-state index contributed by atoms with van der Waals surface area (Å²) in [6.45, 7) is 2.99. The summed E-state index contributed by atoms with van der Waals surface area (Å²) < 4.78 is 5.31. The molecule has 172 valence electrons. The highest BCUT2D eigenvalue weighted by atomic mass is 35.5. The Kier molecular flexibility index (Phi) is 6.52. The van der Waals surface area contributed by atoms with Gasteiger partial charge in [-0.3, -0.25) is 9.69 Å². The molecule has 1 aliphatic heterocycles. The third-order valence-electron chi connectivity index (χ3n) is 6.56. The zero-order chi connectivity index (χ0) is 23.5. The second kappa shape index (κ2) is 9.88. The van der Waals surface area contributed by atoms with Crippen molar-refractivity contribution in [2.45, 2.75) is 6.04 Å². The van der Waals surface area contributed by atoms with Gasteiger partial charge < -0.3 is 9.64 Å². The first-order valence-electron chi connectivity index (χ1n) is 11.5. The number of amides is 1. The lowest BCUT2D eigenvalue weighted by Gasteiger charge is -2.40. The highest BCUT2D eigenvalue weighted by Crippen LogP contribution is 2.31. The summed E-state index contributed by atoms with van der Waals surface area (Å²) in [5.41, 5.74) is 3.18. The number of nitrogens with zero attached hydrogens (tertiary/aromatic N) is 2. The zero-order valence-electron chi connectivity index (χ0n) is 19.2. The van der Waals surface area contributed by atoms with Crippen LogP contribution in [0.3, 0.4) is 0 Å². The molecule has 1 unspecified atom stereocenters. The predicted octanol–water partition coefficient (Wildman–Crippen LogP) is 6.05. The number of ether oxygens (including phenoxy) is 1. The van der Waals surface area contributed by atoms with Gasteiger partial charge in [0.25, 0.3) is 5.91 Å². The minimum Gasteiger partial charge on any atom is -0.497 e. The molecule has 0 N–H and O–H groups in total. The van der Waals surface area contributed by atoms with Crippen LogP contribution in [0.15, 0.2) is 91.0 Å². The van der Waals surface area contributed by atoms with Gasteiger partial charge in [0.15, 0.2) is 0 Å². The van der Waals surface area contributed by atoms with Crippen molar-refractivity contribution >= 4 is 28.3 Å². The van der Waals surface area contributed by atoms with Crippen molar-refractivity contribution in [3.63, 3.8) is 0 Å². The number of piperazine rings is 1. The molecule has 4 nitrogen and oxygen atoms in total. The van der Waals surface area contributed by atoms with Gasteiger partial charge in [-0.25, -0.2) is 0 Å². The number of halogens is 1. The Labute approximate surface area is 205 Å². The zero-order valence-corrected chi connectivity index (χ0v) is 19.9. The van der Waals surface area contributed by atoms with Crippen LogP contribution in [0.2, 0.25) is 5.02 Å². The van der Waals surface area contributed by atoms with E-state index in [9.17, 15) is 4.79 Å². The summed E-state index contributed by atoms with van der Waals surface area (Å²) in [7, 11) is 1.66.